The van der Waals surface area contributed by atoms with E-state index in [-0.39, 0.29) is 0 Å². The molecular formula is C10H11F10N3O4S2. The first-order valence-electron chi connectivity index (χ1n) is 6.69. The minimum Gasteiger partial charge on any atom is -0.425 e. The van der Waals surface area contributed by atoms with Crippen LogP contribution in [0.1, 0.15) is 12.7 Å². The molecule has 1 aromatic rings. The maximum atomic E-state index is 12.3. The first-order chi connectivity index (χ1) is 12.5. The van der Waals surface area contributed by atoms with Gasteiger partial charge in [-0.2, -0.15) is 43.9 Å². The van der Waals surface area contributed by atoms with Crippen LogP contribution in [0.4, 0.5) is 43.9 Å². The van der Waals surface area contributed by atoms with E-state index in [0.717, 1.165) is 6.42 Å². The van der Waals surface area contributed by atoms with Crippen LogP contribution in [0.5, 0.6) is 0 Å². The number of hydrogen-bond acceptors (Lipinski definition) is 4. The predicted octanol–water partition coefficient (Wildman–Crippen LogP) is 2.73. The second-order valence-electron chi connectivity index (χ2n) is 4.92. The molecule has 1 N–H and O–H groups in total. The number of aromatic amines is 1. The second-order valence-corrected chi connectivity index (χ2v) is 8.45. The lowest BCUT2D eigenvalue weighted by Crippen LogP contribution is -2.48. The largest absolute Gasteiger partial charge is 0.467 e. The topological polar surface area (TPSA) is 102 Å². The Labute approximate surface area is 156 Å². The molecule has 172 valence electrons. The predicted molar refractivity (Wildman–Crippen MR) is 74.5 cm³/mol. The van der Waals surface area contributed by atoms with E-state index in [0.29, 0.717) is 4.13 Å². The van der Waals surface area contributed by atoms with Crippen LogP contribution in [0.25, 0.3) is 4.13 Å². The lowest BCUT2D eigenvalue weighted by atomic mass is 10.5. The highest BCUT2D eigenvalue weighted by Crippen LogP contribution is 2.47. The number of rotatable bonds is 5. The number of sulfonamides is 2. The van der Waals surface area contributed by atoms with Crippen molar-refractivity contribution in [2.24, 2.45) is 7.05 Å². The number of nitrogens with one attached hydrogen (secondary N) is 1. The van der Waals surface area contributed by atoms with Crippen LogP contribution in [-0.4, -0.2) is 44.7 Å². The summed E-state index contributed by atoms with van der Waals surface area (Å²) in [5, 5.41) is -14.0. The molecule has 0 aliphatic rings. The average molecular weight is 491 g/mol. The number of aromatic nitrogens is 2. The molecule has 0 aromatic carbocycles. The highest BCUT2D eigenvalue weighted by molar-refractivity contribution is 8.13. The number of H-pyrrole nitrogens is 1. The van der Waals surface area contributed by atoms with Crippen LogP contribution < -0.4 is 4.57 Å². The first-order valence-corrected chi connectivity index (χ1v) is 9.57. The molecule has 19 heteroatoms. The summed E-state index contributed by atoms with van der Waals surface area (Å²) >= 11 is 0. The molecule has 0 saturated carbocycles. The van der Waals surface area contributed by atoms with Crippen LogP contribution in [-0.2, 0) is 33.5 Å². The molecule has 0 bridgehead atoms. The van der Waals surface area contributed by atoms with Crippen molar-refractivity contribution < 1.29 is 65.3 Å². The van der Waals surface area contributed by atoms with Crippen LogP contribution in [0.3, 0.4) is 0 Å². The van der Waals surface area contributed by atoms with Gasteiger partial charge in [0.15, 0.2) is 20.0 Å². The van der Waals surface area contributed by atoms with Crippen molar-refractivity contribution in [1.82, 2.24) is 4.98 Å². The van der Waals surface area contributed by atoms with Gasteiger partial charge in [0.25, 0.3) is 5.82 Å². The summed E-state index contributed by atoms with van der Waals surface area (Å²) in [6.45, 7) is 2.13. The third-order valence-electron chi connectivity index (χ3n) is 2.81. The molecule has 0 aliphatic heterocycles. The summed E-state index contributed by atoms with van der Waals surface area (Å²) in [6, 6.07) is 0. The Bertz CT molecular complexity index is 849. The van der Waals surface area contributed by atoms with Gasteiger partial charge in [0.2, 0.25) is 0 Å². The van der Waals surface area contributed by atoms with Crippen molar-refractivity contribution in [3.05, 3.63) is 22.3 Å². The Balaban J connectivity index is 0.000000807. The third kappa shape index (κ3) is 5.71. The van der Waals surface area contributed by atoms with E-state index in [4.69, 9.17) is 0 Å². The molecule has 0 amide bonds. The molecule has 1 heterocycles. The number of hydrogen-bond donors (Lipinski definition) is 1. The summed E-state index contributed by atoms with van der Waals surface area (Å²) in [5.74, 6) is 1.27. The maximum absolute atomic E-state index is 12.3. The van der Waals surface area contributed by atoms with Gasteiger partial charge in [-0.05, 0) is 0 Å². The number of imidazole rings is 1. The van der Waals surface area contributed by atoms with Crippen LogP contribution in [0.15, 0.2) is 12.4 Å². The maximum Gasteiger partial charge on any atom is 0.467 e. The molecule has 1 rings (SSSR count). The van der Waals surface area contributed by atoms with Gasteiger partial charge in [0.1, 0.15) is 12.4 Å². The van der Waals surface area contributed by atoms with Gasteiger partial charge in [-0.15, -0.1) is 0 Å². The molecule has 0 unspecified atom stereocenters. The third-order valence-corrected chi connectivity index (χ3v) is 6.14. The van der Waals surface area contributed by atoms with E-state index in [2.05, 4.69) is 16.5 Å². The lowest BCUT2D eigenvalue weighted by Gasteiger charge is -2.31. The van der Waals surface area contributed by atoms with E-state index in [9.17, 15) is 60.7 Å². The molecule has 1 aromatic heterocycles. The SMILES string of the molecule is CCc1[nH]cc[n+]1C.O=S(=O)([N-]S(=O)(=O)C(F)(F)C(F)(F)F)C(F)(F)C(F)(F)F. The second kappa shape index (κ2) is 8.25. The summed E-state index contributed by atoms with van der Waals surface area (Å²) < 4.78 is 163. The summed E-state index contributed by atoms with van der Waals surface area (Å²) in [4.78, 5) is 3.12. The van der Waals surface area contributed by atoms with Crippen LogP contribution in [0.2, 0.25) is 0 Å². The van der Waals surface area contributed by atoms with E-state index in [1.807, 2.05) is 19.4 Å². The van der Waals surface area contributed by atoms with E-state index in [1.165, 1.54) is 5.82 Å². The minimum atomic E-state index is -7.62. The van der Waals surface area contributed by atoms with Crippen molar-refractivity contribution in [1.29, 1.82) is 0 Å². The minimum absolute atomic E-state index is 0.422. The van der Waals surface area contributed by atoms with Gasteiger partial charge in [-0.3, -0.25) is 0 Å². The average Bonchev–Trinajstić information content (AvgIpc) is 2.89. The van der Waals surface area contributed by atoms with Gasteiger partial charge in [-0.25, -0.2) is 26.4 Å². The highest BCUT2D eigenvalue weighted by atomic mass is 32.3. The number of halogens is 10. The van der Waals surface area contributed by atoms with Crippen molar-refractivity contribution in [3.63, 3.8) is 0 Å². The van der Waals surface area contributed by atoms with Crippen molar-refractivity contribution in [2.45, 2.75) is 36.2 Å². The van der Waals surface area contributed by atoms with Crippen LogP contribution >= 0.6 is 0 Å². The quantitative estimate of drug-likeness (QED) is 0.506. The lowest BCUT2D eigenvalue weighted by molar-refractivity contribution is -0.677. The number of aryl methyl sites for hydroxylation is 2. The van der Waals surface area contributed by atoms with Gasteiger partial charge >= 0.3 is 22.9 Å². The molecule has 7 nitrogen and oxygen atoms in total. The fraction of sp³-hybridized carbons (Fsp3) is 0.700. The van der Waals surface area contributed by atoms with Crippen molar-refractivity contribution in [2.75, 3.05) is 0 Å². The molecule has 0 spiro atoms. The number of nitrogens with zero attached hydrogens (tertiary/aromatic N) is 2. The molecule has 0 fully saturated rings. The van der Waals surface area contributed by atoms with E-state index in [1.54, 1.807) is 0 Å². The molecule has 29 heavy (non-hydrogen) atoms. The summed E-state index contributed by atoms with van der Waals surface area (Å²) in [5.41, 5.74) is 0. The molecule has 0 atom stereocenters. The van der Waals surface area contributed by atoms with Gasteiger partial charge in [0.05, 0.1) is 7.05 Å². The molecule has 0 radical (unpaired) electrons. The fourth-order valence-electron chi connectivity index (χ4n) is 1.30. The zero-order chi connectivity index (χ0) is 23.7. The molecule has 0 aliphatic carbocycles. The Morgan fingerprint density at radius 2 is 1.21 bits per heavy atom. The smallest absolute Gasteiger partial charge is 0.425 e. The summed E-state index contributed by atoms with van der Waals surface area (Å²) in [6.07, 6.45) is -8.97. The zero-order valence-electron chi connectivity index (χ0n) is 14.0. The first kappa shape index (κ1) is 27.4. The van der Waals surface area contributed by atoms with Gasteiger partial charge in [-0.1, -0.05) is 6.92 Å². The Morgan fingerprint density at radius 3 is 1.38 bits per heavy atom. The summed E-state index contributed by atoms with van der Waals surface area (Å²) in [7, 11) is -13.2. The van der Waals surface area contributed by atoms with Crippen molar-refractivity contribution >= 4 is 20.0 Å². The molecular weight excluding hydrogens is 480 g/mol. The number of alkyl halides is 10. The van der Waals surface area contributed by atoms with Gasteiger partial charge < -0.3 is 4.13 Å². The Morgan fingerprint density at radius 1 is 0.862 bits per heavy atom. The van der Waals surface area contributed by atoms with Crippen LogP contribution in [0, 0.1) is 0 Å². The molecule has 0 saturated heterocycles. The van der Waals surface area contributed by atoms with Crippen molar-refractivity contribution in [3.8, 4) is 0 Å². The standard InChI is InChI=1S/C6H10N2.C4F10NO4S2/c1-3-6-7-4-5-8(6)2;5-1(6,7)3(11,12)20(16,17)15-21(18,19)4(13,14)2(8,9)10/h4-5H,3H2,1-2H3;/q;-1/p+1. The van der Waals surface area contributed by atoms with E-state index < -0.39 is 42.9 Å². The normalized spacial score (nSPS) is 14.3. The zero-order valence-corrected chi connectivity index (χ0v) is 15.6. The Hall–Kier alpha value is -1.63. The highest BCUT2D eigenvalue weighted by Gasteiger charge is 2.68. The monoisotopic (exact) mass is 491 g/mol. The van der Waals surface area contributed by atoms with E-state index >= 15 is 0 Å². The Kier molecular flexibility index (Phi) is 7.78. The van der Waals surface area contributed by atoms with Gasteiger partial charge in [0, 0.05) is 6.42 Å². The fourth-order valence-corrected chi connectivity index (χ4v) is 3.67.